The highest BCUT2D eigenvalue weighted by molar-refractivity contribution is 8.25. The van der Waals surface area contributed by atoms with Crippen molar-refractivity contribution < 1.29 is 23.4 Å². The number of rotatable bonds is 6. The van der Waals surface area contributed by atoms with Gasteiger partial charge in [-0.1, -0.05) is 18.2 Å². The van der Waals surface area contributed by atoms with Crippen LogP contribution in [0.25, 0.3) is 0 Å². The quantitative estimate of drug-likeness (QED) is 0.514. The predicted octanol–water partition coefficient (Wildman–Crippen LogP) is 5.55. The van der Waals surface area contributed by atoms with E-state index >= 15 is 0 Å². The van der Waals surface area contributed by atoms with Crippen LogP contribution in [0.4, 0.5) is 4.79 Å². The van der Waals surface area contributed by atoms with Crippen LogP contribution >= 0.6 is 22.4 Å². The van der Waals surface area contributed by atoms with Crippen molar-refractivity contribution in [3.05, 3.63) is 54.1 Å². The van der Waals surface area contributed by atoms with Gasteiger partial charge in [0.1, 0.15) is 18.0 Å². The van der Waals surface area contributed by atoms with Gasteiger partial charge in [0.15, 0.2) is 0 Å². The highest BCUT2D eigenvalue weighted by Crippen LogP contribution is 2.62. The maximum absolute atomic E-state index is 11.6. The Morgan fingerprint density at radius 3 is 2.55 bits per heavy atom. The average molecular weight is 438 g/mol. The number of fused-ring (bicyclic) bond motifs is 1. The lowest BCUT2D eigenvalue weighted by atomic mass is 10.2. The monoisotopic (exact) mass is 437 g/mol. The summed E-state index contributed by atoms with van der Waals surface area (Å²) in [5.41, 5.74) is 0.469. The van der Waals surface area contributed by atoms with Gasteiger partial charge in [0, 0.05) is 4.90 Å². The summed E-state index contributed by atoms with van der Waals surface area (Å²) in [6, 6.07) is 15.2. The minimum atomic E-state index is -2.71. The third-order valence-electron chi connectivity index (χ3n) is 4.14. The van der Waals surface area contributed by atoms with Gasteiger partial charge >= 0.3 is 6.09 Å². The van der Waals surface area contributed by atoms with Crippen LogP contribution in [0, 0.1) is 0 Å². The molecule has 0 spiro atoms. The van der Waals surface area contributed by atoms with Crippen molar-refractivity contribution in [1.29, 1.82) is 0 Å². The number of benzene rings is 2. The predicted molar refractivity (Wildman–Crippen MR) is 117 cm³/mol. The Balaban J connectivity index is 1.48. The molecule has 0 saturated heterocycles. The number of thioether (sulfide) groups is 1. The van der Waals surface area contributed by atoms with Crippen LogP contribution in [0.3, 0.4) is 0 Å². The molecule has 1 atom stereocenters. The summed E-state index contributed by atoms with van der Waals surface area (Å²) in [5, 5.41) is 2.67. The van der Waals surface area contributed by atoms with Crippen molar-refractivity contribution in [3.63, 3.8) is 0 Å². The Hall–Kier alpha value is -1.87. The summed E-state index contributed by atoms with van der Waals surface area (Å²) in [6.45, 7) is 6.13. The first-order valence-corrected chi connectivity index (χ1v) is 11.9. The summed E-state index contributed by atoms with van der Waals surface area (Å²) in [7, 11) is -2.71. The van der Waals surface area contributed by atoms with Crippen molar-refractivity contribution >= 4 is 28.4 Å². The molecule has 0 fully saturated rings. The Kier molecular flexibility index (Phi) is 6.68. The molecule has 0 radical (unpaired) electrons. The summed E-state index contributed by atoms with van der Waals surface area (Å²) >= 11 is 1.61. The molecular formula is C21H27NO5S2. The van der Waals surface area contributed by atoms with Crippen LogP contribution in [-0.2, 0) is 4.74 Å². The standard InChI is InChI=1S/C21H27NO5S2/c1-21(2,3)27-20(23)22-12-13-26-15-8-10-16(11-9-15)28-18-14-29(24,25)19-7-5-4-6-17(18)19/h4-11,18,24-25H,12-14H2,1-3H3,(H,22,23). The zero-order chi connectivity index (χ0) is 21.1. The molecule has 1 amide bonds. The van der Waals surface area contributed by atoms with E-state index in [9.17, 15) is 13.9 Å². The lowest BCUT2D eigenvalue weighted by molar-refractivity contribution is 0.0520. The topological polar surface area (TPSA) is 88.0 Å². The summed E-state index contributed by atoms with van der Waals surface area (Å²) in [5.74, 6) is 1.04. The number of hydrogen-bond donors (Lipinski definition) is 3. The van der Waals surface area contributed by atoms with Crippen LogP contribution in [0.2, 0.25) is 0 Å². The normalized spacial score (nSPS) is 18.6. The average Bonchev–Trinajstić information content (AvgIpc) is 2.89. The van der Waals surface area contributed by atoms with E-state index in [0.29, 0.717) is 29.5 Å². The van der Waals surface area contributed by atoms with E-state index in [1.165, 1.54) is 0 Å². The highest BCUT2D eigenvalue weighted by atomic mass is 32.3. The Bertz CT molecular complexity index is 849. The highest BCUT2D eigenvalue weighted by Gasteiger charge is 2.35. The number of amides is 1. The van der Waals surface area contributed by atoms with E-state index in [2.05, 4.69) is 5.32 Å². The van der Waals surface area contributed by atoms with Crippen LogP contribution in [0.1, 0.15) is 31.6 Å². The van der Waals surface area contributed by atoms with Gasteiger partial charge in [-0.15, -0.1) is 11.8 Å². The molecule has 3 rings (SSSR count). The first kappa shape index (κ1) is 21.8. The van der Waals surface area contributed by atoms with Crippen LogP contribution < -0.4 is 10.1 Å². The number of carbonyl (C=O) groups excluding carboxylic acids is 1. The molecule has 2 aromatic rings. The van der Waals surface area contributed by atoms with Gasteiger partial charge in [-0.25, -0.2) is 4.79 Å². The van der Waals surface area contributed by atoms with E-state index in [1.807, 2.05) is 63.2 Å². The van der Waals surface area contributed by atoms with Crippen molar-refractivity contribution in [2.24, 2.45) is 0 Å². The second-order valence-electron chi connectivity index (χ2n) is 7.73. The summed E-state index contributed by atoms with van der Waals surface area (Å²) in [4.78, 5) is 13.3. The smallest absolute Gasteiger partial charge is 0.407 e. The SMILES string of the molecule is CC(C)(C)OC(=O)NCCOc1ccc(SC2CS(O)(O)c3ccccc32)cc1. The van der Waals surface area contributed by atoms with Gasteiger partial charge in [0.2, 0.25) is 0 Å². The lowest BCUT2D eigenvalue weighted by Crippen LogP contribution is -2.34. The maximum Gasteiger partial charge on any atom is 0.407 e. The molecule has 1 heterocycles. The van der Waals surface area contributed by atoms with E-state index in [4.69, 9.17) is 9.47 Å². The van der Waals surface area contributed by atoms with Crippen molar-refractivity contribution in [3.8, 4) is 5.75 Å². The Labute approximate surface area is 177 Å². The lowest BCUT2D eigenvalue weighted by Gasteiger charge is -2.27. The minimum absolute atomic E-state index is 0.0148. The zero-order valence-corrected chi connectivity index (χ0v) is 18.4. The van der Waals surface area contributed by atoms with Gasteiger partial charge in [0.25, 0.3) is 0 Å². The molecule has 1 aliphatic rings. The third kappa shape index (κ3) is 6.05. The molecule has 6 nitrogen and oxygen atoms in total. The first-order chi connectivity index (χ1) is 13.6. The Morgan fingerprint density at radius 2 is 1.86 bits per heavy atom. The van der Waals surface area contributed by atoms with E-state index in [0.717, 1.165) is 10.5 Å². The molecule has 8 heteroatoms. The van der Waals surface area contributed by atoms with Gasteiger partial charge in [-0.3, -0.25) is 9.11 Å². The van der Waals surface area contributed by atoms with E-state index in [-0.39, 0.29) is 5.25 Å². The number of carbonyl (C=O) groups is 1. The van der Waals surface area contributed by atoms with Gasteiger partial charge < -0.3 is 14.8 Å². The second kappa shape index (κ2) is 8.87. The molecule has 0 saturated carbocycles. The van der Waals surface area contributed by atoms with E-state index in [1.54, 1.807) is 17.8 Å². The zero-order valence-electron chi connectivity index (χ0n) is 16.8. The molecule has 0 aliphatic carbocycles. The van der Waals surface area contributed by atoms with Crippen LogP contribution in [-0.4, -0.2) is 39.7 Å². The van der Waals surface area contributed by atoms with Crippen molar-refractivity contribution in [2.75, 3.05) is 18.9 Å². The van der Waals surface area contributed by atoms with Gasteiger partial charge in [-0.05, 0) is 56.7 Å². The molecule has 158 valence electrons. The molecule has 1 aliphatic heterocycles. The third-order valence-corrected chi connectivity index (χ3v) is 7.48. The number of nitrogens with one attached hydrogen (secondary N) is 1. The molecule has 29 heavy (non-hydrogen) atoms. The molecule has 0 bridgehead atoms. The fraction of sp³-hybridized carbons (Fsp3) is 0.381. The summed E-state index contributed by atoms with van der Waals surface area (Å²) in [6.07, 6.45) is -0.462. The van der Waals surface area contributed by atoms with Crippen molar-refractivity contribution in [1.82, 2.24) is 5.32 Å². The van der Waals surface area contributed by atoms with E-state index < -0.39 is 22.3 Å². The Morgan fingerprint density at radius 1 is 1.17 bits per heavy atom. The molecule has 1 unspecified atom stereocenters. The number of alkyl carbamates (subject to hydrolysis) is 1. The maximum atomic E-state index is 11.6. The van der Waals surface area contributed by atoms with Crippen LogP contribution in [0.15, 0.2) is 58.3 Å². The first-order valence-electron chi connectivity index (χ1n) is 9.35. The fourth-order valence-corrected chi connectivity index (χ4v) is 6.48. The van der Waals surface area contributed by atoms with Crippen LogP contribution in [0.5, 0.6) is 5.75 Å². The summed E-state index contributed by atoms with van der Waals surface area (Å²) < 4.78 is 31.5. The molecule has 3 N–H and O–H groups in total. The minimum Gasteiger partial charge on any atom is -0.492 e. The van der Waals surface area contributed by atoms with Crippen molar-refractivity contribution in [2.45, 2.75) is 41.4 Å². The van der Waals surface area contributed by atoms with Gasteiger partial charge in [-0.2, -0.15) is 10.6 Å². The largest absolute Gasteiger partial charge is 0.492 e. The second-order valence-corrected chi connectivity index (χ2v) is 11.1. The molecular weight excluding hydrogens is 410 g/mol. The molecule has 0 aromatic heterocycles. The number of hydrogen-bond acceptors (Lipinski definition) is 6. The number of ether oxygens (including phenoxy) is 2. The van der Waals surface area contributed by atoms with Gasteiger partial charge in [0.05, 0.1) is 22.4 Å². The fourth-order valence-electron chi connectivity index (χ4n) is 2.95. The molecule has 2 aromatic carbocycles.